The molecule has 0 saturated carbocycles. The number of halogens is 1. The first-order valence-corrected chi connectivity index (χ1v) is 14.9. The molecule has 216 valence electrons. The van der Waals surface area contributed by atoms with Crippen LogP contribution in [0.4, 0.5) is 15.8 Å². The smallest absolute Gasteiger partial charge is 0.161 e. The van der Waals surface area contributed by atoms with Crippen molar-refractivity contribution >= 4 is 23.3 Å². The van der Waals surface area contributed by atoms with Gasteiger partial charge >= 0.3 is 0 Å². The second-order valence-electron chi connectivity index (χ2n) is 9.92. The Morgan fingerprint density at radius 3 is 2.05 bits per heavy atom. The van der Waals surface area contributed by atoms with Gasteiger partial charge in [-0.25, -0.2) is 4.39 Å². The van der Waals surface area contributed by atoms with Gasteiger partial charge in [0, 0.05) is 43.3 Å². The molecule has 4 aromatic rings. The molecule has 1 N–H and O–H groups in total. The molecule has 0 amide bonds. The number of methoxy groups -OCH3 is 2. The number of hydrogen-bond donors (Lipinski definition) is 1. The summed E-state index contributed by atoms with van der Waals surface area (Å²) in [7, 11) is 3.30. The van der Waals surface area contributed by atoms with Crippen LogP contribution in [0.3, 0.4) is 0 Å². The number of benzene rings is 4. The lowest BCUT2D eigenvalue weighted by Crippen LogP contribution is -2.46. The van der Waals surface area contributed by atoms with E-state index in [0.717, 1.165) is 60.4 Å². The molecule has 0 unspecified atom stereocenters. The molecule has 41 heavy (non-hydrogen) atoms. The van der Waals surface area contributed by atoms with Crippen LogP contribution in [-0.4, -0.2) is 45.3 Å². The van der Waals surface area contributed by atoms with E-state index in [1.807, 2.05) is 54.6 Å². The molecule has 0 aliphatic carbocycles. The summed E-state index contributed by atoms with van der Waals surface area (Å²) in [5, 5.41) is 0. The van der Waals surface area contributed by atoms with Gasteiger partial charge in [-0.3, -0.25) is 4.90 Å². The lowest BCUT2D eigenvalue weighted by Gasteiger charge is -2.36. The zero-order valence-electron chi connectivity index (χ0n) is 24.4. The van der Waals surface area contributed by atoms with E-state index in [-0.39, 0.29) is 5.82 Å². The Labute approximate surface area is 248 Å². The highest BCUT2D eigenvalue weighted by atomic mass is 32.2. The van der Waals surface area contributed by atoms with Crippen molar-refractivity contribution in [2.24, 2.45) is 0 Å². The van der Waals surface area contributed by atoms with Crippen molar-refractivity contribution in [3.63, 3.8) is 0 Å². The Morgan fingerprint density at radius 2 is 1.41 bits per heavy atom. The first-order valence-electron chi connectivity index (χ1n) is 14.1. The van der Waals surface area contributed by atoms with Crippen LogP contribution in [0.15, 0.2) is 95.9 Å². The summed E-state index contributed by atoms with van der Waals surface area (Å²) in [6.07, 6.45) is 1.25. The first-order chi connectivity index (χ1) is 20.0. The lowest BCUT2D eigenvalue weighted by molar-refractivity contribution is 0.249. The Balaban J connectivity index is 0.00000124. The average molecular weight is 574 g/mol. The van der Waals surface area contributed by atoms with E-state index in [2.05, 4.69) is 58.7 Å². The van der Waals surface area contributed by atoms with Crippen LogP contribution in [0.5, 0.6) is 11.5 Å². The summed E-state index contributed by atoms with van der Waals surface area (Å²) in [6, 6.07) is 30.0. The third-order valence-corrected chi connectivity index (χ3v) is 7.61. The summed E-state index contributed by atoms with van der Waals surface area (Å²) in [5.74, 6) is 1.24. The van der Waals surface area contributed by atoms with Crippen LogP contribution in [0.25, 0.3) is 11.1 Å². The van der Waals surface area contributed by atoms with E-state index >= 15 is 0 Å². The molecular formula is C34H40FN3O2S. The molecule has 1 aliphatic heterocycles. The van der Waals surface area contributed by atoms with Crippen LogP contribution < -0.4 is 19.1 Å². The molecule has 4 aromatic carbocycles. The van der Waals surface area contributed by atoms with Gasteiger partial charge in [0.1, 0.15) is 5.82 Å². The van der Waals surface area contributed by atoms with Gasteiger partial charge in [-0.1, -0.05) is 68.8 Å². The average Bonchev–Trinajstić information content (AvgIpc) is 3.02. The molecule has 0 radical (unpaired) electrons. The first kappa shape index (κ1) is 30.3. The largest absolute Gasteiger partial charge is 0.493 e. The maximum absolute atomic E-state index is 15.0. The van der Waals surface area contributed by atoms with Crippen LogP contribution >= 0.6 is 11.9 Å². The maximum atomic E-state index is 15.0. The SMILES string of the molecule is CCC.COc1ccc(CN2CCN(c3ccc(NSc4ccc(-c5ccccc5)cc4)c(F)c3)CC2)cc1OC. The van der Waals surface area contributed by atoms with Crippen molar-refractivity contribution in [3.05, 3.63) is 102 Å². The van der Waals surface area contributed by atoms with Gasteiger partial charge in [0.2, 0.25) is 0 Å². The fourth-order valence-electron chi connectivity index (χ4n) is 4.64. The zero-order chi connectivity index (χ0) is 29.0. The summed E-state index contributed by atoms with van der Waals surface area (Å²) in [5.41, 5.74) is 4.92. The van der Waals surface area contributed by atoms with Crippen LogP contribution in [0, 0.1) is 5.82 Å². The Kier molecular flexibility index (Phi) is 11.3. The minimum Gasteiger partial charge on any atom is -0.493 e. The van der Waals surface area contributed by atoms with Gasteiger partial charge in [0.25, 0.3) is 0 Å². The van der Waals surface area contributed by atoms with Gasteiger partial charge in [-0.15, -0.1) is 0 Å². The van der Waals surface area contributed by atoms with Gasteiger partial charge < -0.3 is 19.1 Å². The molecule has 0 atom stereocenters. The number of nitrogens with zero attached hydrogens (tertiary/aromatic N) is 2. The molecule has 1 heterocycles. The summed E-state index contributed by atoms with van der Waals surface area (Å²) < 4.78 is 28.9. The molecular weight excluding hydrogens is 533 g/mol. The topological polar surface area (TPSA) is 37.0 Å². The second kappa shape index (κ2) is 15.4. The Morgan fingerprint density at radius 1 is 0.756 bits per heavy atom. The minimum atomic E-state index is -0.247. The van der Waals surface area contributed by atoms with Crippen molar-refractivity contribution in [3.8, 4) is 22.6 Å². The highest BCUT2D eigenvalue weighted by molar-refractivity contribution is 8.00. The molecule has 5 rings (SSSR count). The fraction of sp³-hybridized carbons (Fsp3) is 0.294. The van der Waals surface area contributed by atoms with E-state index in [0.29, 0.717) is 5.69 Å². The van der Waals surface area contributed by atoms with E-state index in [4.69, 9.17) is 9.47 Å². The van der Waals surface area contributed by atoms with Crippen molar-refractivity contribution in [2.75, 3.05) is 50.0 Å². The Hall–Kier alpha value is -3.68. The number of hydrogen-bond acceptors (Lipinski definition) is 6. The van der Waals surface area contributed by atoms with Crippen molar-refractivity contribution in [1.29, 1.82) is 0 Å². The molecule has 0 spiro atoms. The molecule has 7 heteroatoms. The predicted molar refractivity (Wildman–Crippen MR) is 171 cm³/mol. The quantitative estimate of drug-likeness (QED) is 0.203. The third-order valence-electron chi connectivity index (χ3n) is 6.78. The molecule has 5 nitrogen and oxygen atoms in total. The van der Waals surface area contributed by atoms with E-state index in [1.165, 1.54) is 29.5 Å². The van der Waals surface area contributed by atoms with Crippen LogP contribution in [-0.2, 0) is 6.54 Å². The molecule has 1 saturated heterocycles. The van der Waals surface area contributed by atoms with Gasteiger partial charge in [0.15, 0.2) is 11.5 Å². The van der Waals surface area contributed by atoms with Gasteiger partial charge in [-0.05, 0) is 71.1 Å². The maximum Gasteiger partial charge on any atom is 0.161 e. The number of piperazine rings is 1. The number of ether oxygens (including phenoxy) is 2. The minimum absolute atomic E-state index is 0.247. The second-order valence-corrected chi connectivity index (χ2v) is 10.8. The highest BCUT2D eigenvalue weighted by Gasteiger charge is 2.19. The fourth-order valence-corrected chi connectivity index (χ4v) is 5.31. The van der Waals surface area contributed by atoms with Gasteiger partial charge in [-0.2, -0.15) is 0 Å². The summed E-state index contributed by atoms with van der Waals surface area (Å²) in [4.78, 5) is 5.68. The standard InChI is InChI=1S/C31H32FN3O2S.C3H8/c1-36-30-15-8-23(20-31(30)37-2)22-34-16-18-35(19-17-34)26-11-14-29(28(32)21-26)33-38-27-12-9-25(10-13-27)24-6-4-3-5-7-24;1-3-2/h3-15,20-21,33H,16-19,22H2,1-2H3;3H2,1-2H3. The van der Waals surface area contributed by atoms with E-state index < -0.39 is 0 Å². The van der Waals surface area contributed by atoms with Crippen molar-refractivity contribution < 1.29 is 13.9 Å². The molecule has 1 aliphatic rings. The molecule has 0 bridgehead atoms. The summed E-state index contributed by atoms with van der Waals surface area (Å²) >= 11 is 1.41. The number of rotatable bonds is 9. The summed E-state index contributed by atoms with van der Waals surface area (Å²) in [6.45, 7) is 8.61. The number of nitrogens with one attached hydrogen (secondary N) is 1. The van der Waals surface area contributed by atoms with E-state index in [9.17, 15) is 4.39 Å². The monoisotopic (exact) mass is 573 g/mol. The van der Waals surface area contributed by atoms with Crippen LogP contribution in [0.2, 0.25) is 0 Å². The Bertz CT molecular complexity index is 1360. The number of anilines is 2. The lowest BCUT2D eigenvalue weighted by atomic mass is 10.1. The van der Waals surface area contributed by atoms with Gasteiger partial charge in [0.05, 0.1) is 19.9 Å². The highest BCUT2D eigenvalue weighted by Crippen LogP contribution is 2.30. The third kappa shape index (κ3) is 8.41. The van der Waals surface area contributed by atoms with E-state index in [1.54, 1.807) is 20.3 Å². The van der Waals surface area contributed by atoms with Crippen LogP contribution in [0.1, 0.15) is 25.8 Å². The van der Waals surface area contributed by atoms with Crippen molar-refractivity contribution in [2.45, 2.75) is 31.7 Å². The molecule has 1 fully saturated rings. The molecule has 0 aromatic heterocycles. The zero-order valence-corrected chi connectivity index (χ0v) is 25.2. The predicted octanol–water partition coefficient (Wildman–Crippen LogP) is 8.37. The normalized spacial score (nSPS) is 13.2. The van der Waals surface area contributed by atoms with Crippen molar-refractivity contribution in [1.82, 2.24) is 4.90 Å².